The molecule has 0 spiro atoms. The number of carboxylic acids is 1. The minimum Gasteiger partial charge on any atom is -0.726 e. The summed E-state index contributed by atoms with van der Waals surface area (Å²) in [5, 5.41) is 42.3. The van der Waals surface area contributed by atoms with Crippen LogP contribution in [0.25, 0.3) is 0 Å². The van der Waals surface area contributed by atoms with Crippen LogP contribution in [0.1, 0.15) is 86.5 Å². The Morgan fingerprint density at radius 3 is 2.24 bits per heavy atom. The van der Waals surface area contributed by atoms with E-state index in [0.717, 1.165) is 19.3 Å². The van der Waals surface area contributed by atoms with Gasteiger partial charge in [-0.2, -0.15) is 0 Å². The van der Waals surface area contributed by atoms with E-state index in [4.69, 9.17) is 18.4 Å². The Balaban J connectivity index is 0.00000270. The average molecular weight is 731 g/mol. The summed E-state index contributed by atoms with van der Waals surface area (Å²) in [6.45, 7) is 13.6. The molecule has 0 amide bonds. The number of aliphatic carboxylic acids is 1. The maximum atomic E-state index is 12.1. The van der Waals surface area contributed by atoms with Crippen molar-refractivity contribution < 1.29 is 116 Å². The minimum atomic E-state index is -5.03. The molecule has 0 unspecified atom stereocenters. The van der Waals surface area contributed by atoms with E-state index in [1.54, 1.807) is 0 Å². The smallest absolute Gasteiger partial charge is 0.726 e. The van der Waals surface area contributed by atoms with E-state index in [0.29, 0.717) is 48.9 Å². The molecule has 5 fully saturated rings. The molecule has 6 rings (SSSR count). The molecule has 2 aliphatic heterocycles. The van der Waals surface area contributed by atoms with Crippen LogP contribution in [0.2, 0.25) is 0 Å². The van der Waals surface area contributed by atoms with Crippen molar-refractivity contribution >= 4 is 16.4 Å². The van der Waals surface area contributed by atoms with E-state index in [-0.39, 0.29) is 89.1 Å². The van der Waals surface area contributed by atoms with Crippen LogP contribution in [0, 0.1) is 52.3 Å². The average Bonchev–Trinajstić information content (AvgIpc) is 3.70. The molecule has 6 aliphatic rings. The van der Waals surface area contributed by atoms with Crippen molar-refractivity contribution in [2.24, 2.45) is 52.3 Å². The molecule has 0 aromatic carbocycles. The predicted molar refractivity (Wildman–Crippen MR) is 164 cm³/mol. The van der Waals surface area contributed by atoms with Gasteiger partial charge in [-0.3, -0.25) is 4.18 Å². The van der Waals surface area contributed by atoms with E-state index in [1.807, 2.05) is 0 Å². The number of hydrogen-bond donors (Lipinski definition) is 3. The second kappa shape index (κ2) is 15.5. The van der Waals surface area contributed by atoms with Crippen molar-refractivity contribution in [2.45, 2.75) is 142 Å². The summed E-state index contributed by atoms with van der Waals surface area (Å²) in [6.07, 6.45) is -2.82. The second-order valence-corrected chi connectivity index (χ2v) is 17.4. The summed E-state index contributed by atoms with van der Waals surface area (Å²) < 4.78 is 59.2. The zero-order valence-corrected chi connectivity index (χ0v) is 35.0. The van der Waals surface area contributed by atoms with Gasteiger partial charge in [-0.1, -0.05) is 53.2 Å². The molecule has 0 aromatic rings. The molecule has 0 bridgehead atoms. The van der Waals surface area contributed by atoms with Gasteiger partial charge in [0.1, 0.15) is 24.4 Å². The first-order chi connectivity index (χ1) is 21.9. The third-order valence-electron chi connectivity index (χ3n) is 13.7. The fourth-order valence-corrected chi connectivity index (χ4v) is 11.2. The number of aliphatic hydroxyl groups is 3. The summed E-state index contributed by atoms with van der Waals surface area (Å²) in [7, 11) is -5.03. The molecule has 15 heteroatoms. The number of carboxylic acid groups (broad SMARTS) is 1. The van der Waals surface area contributed by atoms with Gasteiger partial charge in [-0.25, -0.2) is 8.42 Å². The van der Waals surface area contributed by atoms with Gasteiger partial charge in [0.05, 0.1) is 30.4 Å². The van der Waals surface area contributed by atoms with Gasteiger partial charge in [-0.05, 0) is 97.2 Å². The Morgan fingerprint density at radius 1 is 0.959 bits per heavy atom. The number of carbonyl (C=O) groups is 1. The Bertz CT molecular complexity index is 1350. The Labute approximate surface area is 335 Å². The first-order valence-electron chi connectivity index (χ1n) is 17.4. The molecule has 3 saturated carbocycles. The zero-order chi connectivity index (χ0) is 34.4. The van der Waals surface area contributed by atoms with Crippen molar-refractivity contribution in [1.29, 1.82) is 0 Å². The molecule has 0 radical (unpaired) electrons. The number of ether oxygens (including phenoxy) is 3. The first-order valence-corrected chi connectivity index (χ1v) is 18.8. The maximum Gasteiger partial charge on any atom is 1.00 e. The molecule has 3 N–H and O–H groups in total. The van der Waals surface area contributed by atoms with Crippen LogP contribution < -0.4 is 64.2 Å². The van der Waals surface area contributed by atoms with Crippen LogP contribution in [0.4, 0.5) is 0 Å². The van der Waals surface area contributed by atoms with Gasteiger partial charge in [0.2, 0.25) is 10.4 Å². The van der Waals surface area contributed by atoms with Crippen molar-refractivity contribution in [3.8, 4) is 0 Å². The number of fused-ring (bicyclic) bond motifs is 5. The van der Waals surface area contributed by atoms with Crippen LogP contribution >= 0.6 is 0 Å². The van der Waals surface area contributed by atoms with Gasteiger partial charge >= 0.3 is 59.1 Å². The van der Waals surface area contributed by atoms with Crippen molar-refractivity contribution in [3.05, 3.63) is 11.6 Å². The monoisotopic (exact) mass is 730 g/mol. The molecule has 49 heavy (non-hydrogen) atoms. The molecule has 17 atom stereocenters. The third kappa shape index (κ3) is 7.85. The van der Waals surface area contributed by atoms with E-state index in [1.165, 1.54) is 5.57 Å². The van der Waals surface area contributed by atoms with E-state index in [9.17, 15) is 38.2 Å². The van der Waals surface area contributed by atoms with E-state index in [2.05, 4.69) is 47.6 Å². The van der Waals surface area contributed by atoms with Gasteiger partial charge in [0.15, 0.2) is 6.29 Å². The van der Waals surface area contributed by atoms with Crippen LogP contribution in [-0.4, -0.2) is 89.4 Å². The number of allylic oxidation sites excluding steroid dienone is 2. The summed E-state index contributed by atoms with van der Waals surface area (Å²) >= 11 is 0. The summed E-state index contributed by atoms with van der Waals surface area (Å²) in [5.41, 5.74) is 0.819. The number of epoxide rings is 1. The van der Waals surface area contributed by atoms with Gasteiger partial charge in [0.25, 0.3) is 0 Å². The predicted octanol–water partition coefficient (Wildman–Crippen LogP) is -4.33. The van der Waals surface area contributed by atoms with Gasteiger partial charge in [-0.15, -0.1) is 0 Å². The molecule has 4 aliphatic carbocycles. The van der Waals surface area contributed by atoms with E-state index >= 15 is 0 Å². The van der Waals surface area contributed by atoms with Gasteiger partial charge < -0.3 is 44.0 Å². The summed E-state index contributed by atoms with van der Waals surface area (Å²) in [6, 6.07) is 0. The molecule has 12 nitrogen and oxygen atoms in total. The minimum absolute atomic E-state index is 0. The molecular formula is C34H52Na2O12S. The van der Waals surface area contributed by atoms with Crippen LogP contribution in [-0.2, 0) is 33.6 Å². The Morgan fingerprint density at radius 2 is 1.63 bits per heavy atom. The van der Waals surface area contributed by atoms with Crippen LogP contribution in [0.5, 0.6) is 0 Å². The van der Waals surface area contributed by atoms with Crippen molar-refractivity contribution in [2.75, 3.05) is 0 Å². The molecule has 2 saturated heterocycles. The summed E-state index contributed by atoms with van der Waals surface area (Å²) in [4.78, 5) is 11.5. The number of aliphatic hydroxyl groups excluding tert-OH is 3. The second-order valence-electron chi connectivity index (χ2n) is 16.3. The number of rotatable bonds is 9. The quantitative estimate of drug-likeness (QED) is 0.0516. The Kier molecular flexibility index (Phi) is 13.5. The van der Waals surface area contributed by atoms with Crippen LogP contribution in [0.3, 0.4) is 0 Å². The topological polar surface area (TPSA) is 198 Å². The third-order valence-corrected chi connectivity index (χ3v) is 14.2. The molecular weight excluding hydrogens is 678 g/mol. The van der Waals surface area contributed by atoms with Gasteiger partial charge in [0, 0.05) is 0 Å². The standard InChI is InChI=1S/C34H54O12S.2Na/c1-15(2)16(3)28-29(44-28)17(4)20-7-8-21-19-14-24(46-47(40,41)42)23-13-18(9-11-34(23,6)22(19)10-12-33(20,21)5)43-32-27(37)25(35)26(36)30(45-32)31(38)39;;/h10,15-21,23-30,32,35-37H,7-9,11-14H2,1-6H3,(H,38,39)(H,40,41,42);;/q;2*+1/p-2/t16-,17-,18-,19-,20+,21-,23+,24-,25-,26-,27+,28-,29-,30-,32+,33+,34+;;/m0../s1. The summed E-state index contributed by atoms with van der Waals surface area (Å²) in [5.74, 6) is 0.0913. The van der Waals surface area contributed by atoms with E-state index < -0.39 is 70.6 Å². The maximum absolute atomic E-state index is 12.1. The molecule has 2 heterocycles. The van der Waals surface area contributed by atoms with Crippen molar-refractivity contribution in [3.63, 3.8) is 0 Å². The molecule has 268 valence electrons. The molecule has 0 aromatic heterocycles. The van der Waals surface area contributed by atoms with Crippen molar-refractivity contribution in [1.82, 2.24) is 0 Å². The number of carbonyl (C=O) groups excluding carboxylic acids is 1. The first kappa shape index (κ1) is 42.6. The van der Waals surface area contributed by atoms with Crippen LogP contribution in [0.15, 0.2) is 11.6 Å². The number of hydrogen-bond acceptors (Lipinski definition) is 12. The largest absolute Gasteiger partial charge is 1.00 e. The zero-order valence-electron chi connectivity index (χ0n) is 30.2. The normalized spacial score (nSPS) is 47.3. The SMILES string of the molecule is CC(C)[C@H](C)[C@@H]1O[C@H]1[C@@H](C)[C@H]1CC[C@H]2[C@@H]3C[C@H](OS(=O)(=O)[O-])[C@H]4C[C@@H](O[C@@H]5O[C@H](C(=O)[O-])[C@@H](O)[C@H](O)[C@H]5O)CC[C@]4(C)C3=CC[C@]12C.[Na+].[Na+]. The fourth-order valence-electron chi connectivity index (χ4n) is 10.7. The fraction of sp³-hybridized carbons (Fsp3) is 0.912. The Hall–Kier alpha value is 0.840.